The number of nitrogens with zero attached hydrogens (tertiary/aromatic N) is 2. The SMILES string of the molecule is CC(C)n1ncc(Cl)c1C(N)c1ccsc1. The van der Waals surface area contributed by atoms with Crippen LogP contribution in [0.5, 0.6) is 0 Å². The van der Waals surface area contributed by atoms with Crippen LogP contribution in [0.3, 0.4) is 0 Å². The third-order valence-corrected chi connectivity index (χ3v) is 3.47. The van der Waals surface area contributed by atoms with E-state index in [0.29, 0.717) is 5.02 Å². The highest BCUT2D eigenvalue weighted by molar-refractivity contribution is 7.08. The molecule has 0 amide bonds. The van der Waals surface area contributed by atoms with E-state index >= 15 is 0 Å². The lowest BCUT2D eigenvalue weighted by molar-refractivity contribution is 0.499. The lowest BCUT2D eigenvalue weighted by atomic mass is 10.1. The first-order valence-electron chi connectivity index (χ1n) is 5.12. The molecule has 0 aliphatic heterocycles. The number of nitrogens with two attached hydrogens (primary N) is 1. The van der Waals surface area contributed by atoms with E-state index in [9.17, 15) is 0 Å². The molecule has 0 saturated heterocycles. The zero-order chi connectivity index (χ0) is 11.7. The van der Waals surface area contributed by atoms with Crippen LogP contribution in [0.2, 0.25) is 5.02 Å². The summed E-state index contributed by atoms with van der Waals surface area (Å²) in [5, 5.41) is 8.94. The molecule has 0 aliphatic rings. The summed E-state index contributed by atoms with van der Waals surface area (Å²) in [6.45, 7) is 4.13. The van der Waals surface area contributed by atoms with Crippen molar-refractivity contribution in [1.82, 2.24) is 9.78 Å². The summed E-state index contributed by atoms with van der Waals surface area (Å²) in [6, 6.07) is 2.07. The molecule has 0 aromatic carbocycles. The molecule has 16 heavy (non-hydrogen) atoms. The molecule has 1 unspecified atom stereocenters. The van der Waals surface area contributed by atoms with E-state index in [1.165, 1.54) is 0 Å². The van der Waals surface area contributed by atoms with Gasteiger partial charge in [-0.25, -0.2) is 0 Å². The molecule has 2 aromatic heterocycles. The summed E-state index contributed by atoms with van der Waals surface area (Å²) in [7, 11) is 0. The Labute approximate surface area is 104 Å². The molecule has 3 nitrogen and oxygen atoms in total. The summed E-state index contributed by atoms with van der Waals surface area (Å²) in [5.74, 6) is 0. The third kappa shape index (κ3) is 2.00. The van der Waals surface area contributed by atoms with Crippen LogP contribution in [0.15, 0.2) is 23.0 Å². The van der Waals surface area contributed by atoms with Crippen LogP contribution in [0.4, 0.5) is 0 Å². The Hall–Kier alpha value is -0.840. The molecular formula is C11H14ClN3S. The van der Waals surface area contributed by atoms with Gasteiger partial charge in [0.25, 0.3) is 0 Å². The van der Waals surface area contributed by atoms with Gasteiger partial charge in [0.2, 0.25) is 0 Å². The standard InChI is InChI=1S/C11H14ClN3S/c1-7(2)15-11(9(12)5-14-15)10(13)8-3-4-16-6-8/h3-7,10H,13H2,1-2H3. The average molecular weight is 256 g/mol. The fraction of sp³-hybridized carbons (Fsp3) is 0.364. The molecule has 2 heterocycles. The van der Waals surface area contributed by atoms with Crippen molar-refractivity contribution < 1.29 is 0 Å². The Morgan fingerprint density at radius 2 is 2.25 bits per heavy atom. The molecule has 0 fully saturated rings. The van der Waals surface area contributed by atoms with Gasteiger partial charge in [-0.05, 0) is 36.2 Å². The van der Waals surface area contributed by atoms with E-state index in [0.717, 1.165) is 11.3 Å². The van der Waals surface area contributed by atoms with Gasteiger partial charge in [0.05, 0.1) is 23.0 Å². The highest BCUT2D eigenvalue weighted by Crippen LogP contribution is 2.29. The van der Waals surface area contributed by atoms with E-state index in [1.807, 2.05) is 21.5 Å². The highest BCUT2D eigenvalue weighted by Gasteiger charge is 2.20. The van der Waals surface area contributed by atoms with Gasteiger partial charge in [0.1, 0.15) is 0 Å². The largest absolute Gasteiger partial charge is 0.319 e. The number of hydrogen-bond acceptors (Lipinski definition) is 3. The van der Waals surface area contributed by atoms with Crippen molar-refractivity contribution >= 4 is 22.9 Å². The van der Waals surface area contributed by atoms with Gasteiger partial charge < -0.3 is 5.73 Å². The Morgan fingerprint density at radius 1 is 1.50 bits per heavy atom. The molecule has 0 saturated carbocycles. The van der Waals surface area contributed by atoms with Crippen molar-refractivity contribution in [2.24, 2.45) is 5.73 Å². The minimum atomic E-state index is -0.205. The quantitative estimate of drug-likeness (QED) is 0.915. The number of thiophene rings is 1. The summed E-state index contributed by atoms with van der Waals surface area (Å²) < 4.78 is 1.88. The topological polar surface area (TPSA) is 43.8 Å². The Bertz CT molecular complexity index is 462. The fourth-order valence-corrected chi connectivity index (χ4v) is 2.61. The van der Waals surface area contributed by atoms with Crippen LogP contribution >= 0.6 is 22.9 Å². The number of rotatable bonds is 3. The molecule has 2 rings (SSSR count). The van der Waals surface area contributed by atoms with Crippen molar-refractivity contribution in [1.29, 1.82) is 0 Å². The van der Waals surface area contributed by atoms with Gasteiger partial charge >= 0.3 is 0 Å². The van der Waals surface area contributed by atoms with Gasteiger partial charge in [0, 0.05) is 6.04 Å². The second kappa shape index (κ2) is 4.57. The first kappa shape index (κ1) is 11.6. The predicted octanol–water partition coefficient (Wildman–Crippen LogP) is 3.23. The fourth-order valence-electron chi connectivity index (χ4n) is 1.66. The molecule has 0 radical (unpaired) electrons. The van der Waals surface area contributed by atoms with Crippen LogP contribution in [-0.2, 0) is 0 Å². The van der Waals surface area contributed by atoms with E-state index in [2.05, 4.69) is 18.9 Å². The van der Waals surface area contributed by atoms with Crippen molar-refractivity contribution in [3.63, 3.8) is 0 Å². The number of aromatic nitrogens is 2. The van der Waals surface area contributed by atoms with E-state index in [4.69, 9.17) is 17.3 Å². The summed E-state index contributed by atoms with van der Waals surface area (Å²) in [5.41, 5.74) is 8.17. The Balaban J connectivity index is 2.43. The second-order valence-electron chi connectivity index (χ2n) is 3.95. The predicted molar refractivity (Wildman–Crippen MR) is 68.0 cm³/mol. The first-order chi connectivity index (χ1) is 7.61. The van der Waals surface area contributed by atoms with Crippen LogP contribution < -0.4 is 5.73 Å². The van der Waals surface area contributed by atoms with E-state index in [1.54, 1.807) is 17.5 Å². The number of hydrogen-bond donors (Lipinski definition) is 1. The van der Waals surface area contributed by atoms with Crippen molar-refractivity contribution in [3.8, 4) is 0 Å². The normalized spacial score (nSPS) is 13.3. The average Bonchev–Trinajstić information content (AvgIpc) is 2.84. The maximum Gasteiger partial charge on any atom is 0.0837 e. The zero-order valence-electron chi connectivity index (χ0n) is 9.22. The molecule has 86 valence electrons. The van der Waals surface area contributed by atoms with Gasteiger partial charge in [-0.3, -0.25) is 4.68 Å². The Kier molecular flexibility index (Phi) is 3.33. The van der Waals surface area contributed by atoms with Crippen LogP contribution in [0.1, 0.15) is 37.2 Å². The minimum Gasteiger partial charge on any atom is -0.319 e. The monoisotopic (exact) mass is 255 g/mol. The lowest BCUT2D eigenvalue weighted by Gasteiger charge is -2.16. The molecule has 0 aliphatic carbocycles. The molecule has 0 spiro atoms. The number of halogens is 1. The van der Waals surface area contributed by atoms with Crippen molar-refractivity contribution in [3.05, 3.63) is 39.3 Å². The third-order valence-electron chi connectivity index (χ3n) is 2.47. The lowest BCUT2D eigenvalue weighted by Crippen LogP contribution is -2.18. The minimum absolute atomic E-state index is 0.205. The smallest absolute Gasteiger partial charge is 0.0837 e. The summed E-state index contributed by atoms with van der Waals surface area (Å²) in [4.78, 5) is 0. The van der Waals surface area contributed by atoms with Crippen LogP contribution in [-0.4, -0.2) is 9.78 Å². The highest BCUT2D eigenvalue weighted by atomic mass is 35.5. The van der Waals surface area contributed by atoms with Gasteiger partial charge in [0.15, 0.2) is 0 Å². The van der Waals surface area contributed by atoms with Crippen molar-refractivity contribution in [2.45, 2.75) is 25.9 Å². The van der Waals surface area contributed by atoms with E-state index in [-0.39, 0.29) is 12.1 Å². The van der Waals surface area contributed by atoms with Crippen LogP contribution in [0.25, 0.3) is 0 Å². The second-order valence-corrected chi connectivity index (χ2v) is 5.14. The van der Waals surface area contributed by atoms with Crippen molar-refractivity contribution in [2.75, 3.05) is 0 Å². The Morgan fingerprint density at radius 3 is 2.81 bits per heavy atom. The van der Waals surface area contributed by atoms with Gasteiger partial charge in [-0.15, -0.1) is 0 Å². The summed E-state index contributed by atoms with van der Waals surface area (Å²) in [6.07, 6.45) is 1.66. The first-order valence-corrected chi connectivity index (χ1v) is 6.44. The van der Waals surface area contributed by atoms with Gasteiger partial charge in [-0.1, -0.05) is 11.6 Å². The van der Waals surface area contributed by atoms with Gasteiger partial charge in [-0.2, -0.15) is 16.4 Å². The van der Waals surface area contributed by atoms with Crippen LogP contribution in [0, 0.1) is 0 Å². The maximum absolute atomic E-state index is 6.21. The molecule has 5 heteroatoms. The molecule has 1 atom stereocenters. The summed E-state index contributed by atoms with van der Waals surface area (Å²) >= 11 is 7.77. The molecule has 0 bridgehead atoms. The maximum atomic E-state index is 6.21. The van der Waals surface area contributed by atoms with E-state index < -0.39 is 0 Å². The molecule has 2 N–H and O–H groups in total. The zero-order valence-corrected chi connectivity index (χ0v) is 10.8. The molecule has 2 aromatic rings. The molecular weight excluding hydrogens is 242 g/mol.